The standard InChI is InChI=1S/C22H28N4O/c1-2-20-8-7-19(15-24-20)21(27)25-12-4-9-22(17-25)10-5-13-26(22)16-18-6-3-11-23-14-18/h3,6-8,11,14-15H,2,4-5,9-10,12-13,16-17H2,1H3. The second kappa shape index (κ2) is 7.77. The van der Waals surface area contributed by atoms with E-state index in [1.165, 1.54) is 24.8 Å². The highest BCUT2D eigenvalue weighted by molar-refractivity contribution is 5.94. The van der Waals surface area contributed by atoms with Gasteiger partial charge in [0.05, 0.1) is 5.56 Å². The minimum Gasteiger partial charge on any atom is -0.337 e. The lowest BCUT2D eigenvalue weighted by Crippen LogP contribution is -2.56. The van der Waals surface area contributed by atoms with Crippen LogP contribution < -0.4 is 0 Å². The Kier molecular flexibility index (Phi) is 5.21. The van der Waals surface area contributed by atoms with Gasteiger partial charge in [0, 0.05) is 49.5 Å². The third-order valence-electron chi connectivity index (χ3n) is 6.11. The molecule has 2 saturated heterocycles. The first-order valence-electron chi connectivity index (χ1n) is 10.1. The van der Waals surface area contributed by atoms with Gasteiger partial charge in [-0.2, -0.15) is 0 Å². The number of piperidine rings is 1. The van der Waals surface area contributed by atoms with Gasteiger partial charge in [0.25, 0.3) is 5.91 Å². The Labute approximate surface area is 161 Å². The largest absolute Gasteiger partial charge is 0.337 e. The van der Waals surface area contributed by atoms with E-state index in [0.29, 0.717) is 5.56 Å². The molecule has 0 bridgehead atoms. The zero-order valence-electron chi connectivity index (χ0n) is 16.1. The molecule has 0 saturated carbocycles. The van der Waals surface area contributed by atoms with Crippen LogP contribution in [0.5, 0.6) is 0 Å². The monoisotopic (exact) mass is 364 g/mol. The number of carbonyl (C=O) groups excluding carboxylic acids is 1. The van der Waals surface area contributed by atoms with E-state index in [2.05, 4.69) is 27.9 Å². The second-order valence-corrected chi connectivity index (χ2v) is 7.83. The maximum absolute atomic E-state index is 13.1. The van der Waals surface area contributed by atoms with E-state index in [1.54, 1.807) is 6.20 Å². The highest BCUT2D eigenvalue weighted by atomic mass is 16.2. The molecule has 4 rings (SSSR count). The van der Waals surface area contributed by atoms with E-state index in [4.69, 9.17) is 0 Å². The zero-order chi connectivity index (χ0) is 18.7. The molecular formula is C22H28N4O. The van der Waals surface area contributed by atoms with Gasteiger partial charge in [0.1, 0.15) is 0 Å². The molecule has 1 spiro atoms. The number of rotatable bonds is 4. The minimum atomic E-state index is 0.112. The molecule has 142 valence electrons. The quantitative estimate of drug-likeness (QED) is 0.835. The van der Waals surface area contributed by atoms with Crippen molar-refractivity contribution in [1.29, 1.82) is 0 Å². The highest BCUT2D eigenvalue weighted by Crippen LogP contribution is 2.38. The summed E-state index contributed by atoms with van der Waals surface area (Å²) in [5.41, 5.74) is 3.10. The van der Waals surface area contributed by atoms with Gasteiger partial charge in [-0.3, -0.25) is 19.7 Å². The van der Waals surface area contributed by atoms with Crippen LogP contribution in [0.2, 0.25) is 0 Å². The Bertz CT molecular complexity index is 777. The first-order chi connectivity index (χ1) is 13.2. The topological polar surface area (TPSA) is 49.3 Å². The molecule has 2 aliphatic rings. The van der Waals surface area contributed by atoms with Crippen molar-refractivity contribution in [2.45, 2.75) is 51.1 Å². The van der Waals surface area contributed by atoms with Crippen LogP contribution in [0.4, 0.5) is 0 Å². The molecule has 2 fully saturated rings. The van der Waals surface area contributed by atoms with Crippen molar-refractivity contribution in [3.05, 3.63) is 59.7 Å². The summed E-state index contributed by atoms with van der Waals surface area (Å²) in [6, 6.07) is 8.04. The molecule has 5 nitrogen and oxygen atoms in total. The van der Waals surface area contributed by atoms with Crippen molar-refractivity contribution in [3.8, 4) is 0 Å². The van der Waals surface area contributed by atoms with Gasteiger partial charge in [-0.05, 0) is 62.4 Å². The Morgan fingerprint density at radius 3 is 2.70 bits per heavy atom. The number of aryl methyl sites for hydroxylation is 1. The molecule has 2 aliphatic heterocycles. The van der Waals surface area contributed by atoms with Gasteiger partial charge in [-0.15, -0.1) is 0 Å². The number of nitrogens with zero attached hydrogens (tertiary/aromatic N) is 4. The average Bonchev–Trinajstić information content (AvgIpc) is 3.09. The smallest absolute Gasteiger partial charge is 0.255 e. The van der Waals surface area contributed by atoms with Crippen LogP contribution in [-0.2, 0) is 13.0 Å². The molecular weight excluding hydrogens is 336 g/mol. The van der Waals surface area contributed by atoms with Crippen LogP contribution in [0, 0.1) is 0 Å². The first kappa shape index (κ1) is 18.1. The van der Waals surface area contributed by atoms with Crippen molar-refractivity contribution in [3.63, 3.8) is 0 Å². The van der Waals surface area contributed by atoms with E-state index in [1.807, 2.05) is 35.5 Å². The number of hydrogen-bond donors (Lipinski definition) is 0. The minimum absolute atomic E-state index is 0.112. The highest BCUT2D eigenvalue weighted by Gasteiger charge is 2.44. The fourth-order valence-electron chi connectivity index (χ4n) is 4.64. The molecule has 1 amide bonds. The van der Waals surface area contributed by atoms with E-state index in [9.17, 15) is 4.79 Å². The Morgan fingerprint density at radius 2 is 2.00 bits per heavy atom. The lowest BCUT2D eigenvalue weighted by atomic mass is 9.86. The summed E-state index contributed by atoms with van der Waals surface area (Å²) in [5.74, 6) is 0.123. The van der Waals surface area contributed by atoms with Crippen LogP contribution in [0.3, 0.4) is 0 Å². The van der Waals surface area contributed by atoms with Crippen molar-refractivity contribution in [2.75, 3.05) is 19.6 Å². The van der Waals surface area contributed by atoms with Gasteiger partial charge >= 0.3 is 0 Å². The number of aromatic nitrogens is 2. The van der Waals surface area contributed by atoms with Crippen molar-refractivity contribution in [1.82, 2.24) is 19.8 Å². The van der Waals surface area contributed by atoms with Crippen LogP contribution >= 0.6 is 0 Å². The van der Waals surface area contributed by atoms with Gasteiger partial charge in [-0.1, -0.05) is 13.0 Å². The summed E-state index contributed by atoms with van der Waals surface area (Å²) in [6.07, 6.45) is 11.0. The van der Waals surface area contributed by atoms with Gasteiger partial charge in [0.15, 0.2) is 0 Å². The van der Waals surface area contributed by atoms with Crippen molar-refractivity contribution < 1.29 is 4.79 Å². The number of likely N-dealkylation sites (tertiary alicyclic amines) is 2. The summed E-state index contributed by atoms with van der Waals surface area (Å²) in [4.78, 5) is 26.4. The SMILES string of the molecule is CCc1ccc(C(=O)N2CCCC3(CCCN3Cc3cccnc3)C2)cn1. The Balaban J connectivity index is 1.49. The van der Waals surface area contributed by atoms with Crippen LogP contribution in [0.25, 0.3) is 0 Å². The summed E-state index contributed by atoms with van der Waals surface area (Å²) in [5, 5.41) is 0. The third kappa shape index (κ3) is 3.74. The molecule has 0 aromatic carbocycles. The predicted octanol–water partition coefficient (Wildman–Crippen LogP) is 3.31. The first-order valence-corrected chi connectivity index (χ1v) is 10.1. The Hall–Kier alpha value is -2.27. The van der Waals surface area contributed by atoms with E-state index >= 15 is 0 Å². The average molecular weight is 364 g/mol. The van der Waals surface area contributed by atoms with E-state index in [-0.39, 0.29) is 11.4 Å². The molecule has 27 heavy (non-hydrogen) atoms. The van der Waals surface area contributed by atoms with Crippen LogP contribution in [0.1, 0.15) is 54.2 Å². The van der Waals surface area contributed by atoms with E-state index < -0.39 is 0 Å². The number of pyridine rings is 2. The summed E-state index contributed by atoms with van der Waals surface area (Å²) < 4.78 is 0. The summed E-state index contributed by atoms with van der Waals surface area (Å²) >= 11 is 0. The maximum Gasteiger partial charge on any atom is 0.255 e. The maximum atomic E-state index is 13.1. The lowest BCUT2D eigenvalue weighted by molar-refractivity contribution is 0.0295. The molecule has 2 aromatic heterocycles. The number of hydrogen-bond acceptors (Lipinski definition) is 4. The van der Waals surface area contributed by atoms with Gasteiger partial charge in [0.2, 0.25) is 0 Å². The van der Waals surface area contributed by atoms with Crippen molar-refractivity contribution >= 4 is 5.91 Å². The zero-order valence-corrected chi connectivity index (χ0v) is 16.1. The molecule has 0 aliphatic carbocycles. The summed E-state index contributed by atoms with van der Waals surface area (Å²) in [6.45, 7) is 5.76. The third-order valence-corrected chi connectivity index (χ3v) is 6.11. The molecule has 4 heterocycles. The fraction of sp³-hybridized carbons (Fsp3) is 0.500. The molecule has 0 N–H and O–H groups in total. The molecule has 0 radical (unpaired) electrons. The molecule has 2 aromatic rings. The summed E-state index contributed by atoms with van der Waals surface area (Å²) in [7, 11) is 0. The van der Waals surface area contributed by atoms with Crippen LogP contribution in [0.15, 0.2) is 42.9 Å². The van der Waals surface area contributed by atoms with E-state index in [0.717, 1.165) is 44.7 Å². The Morgan fingerprint density at radius 1 is 1.15 bits per heavy atom. The number of amides is 1. The van der Waals surface area contributed by atoms with Crippen LogP contribution in [-0.4, -0.2) is 50.8 Å². The van der Waals surface area contributed by atoms with Crippen molar-refractivity contribution in [2.24, 2.45) is 0 Å². The predicted molar refractivity (Wildman–Crippen MR) is 105 cm³/mol. The normalized spacial score (nSPS) is 23.1. The molecule has 1 unspecified atom stereocenters. The second-order valence-electron chi connectivity index (χ2n) is 7.83. The molecule has 1 atom stereocenters. The molecule has 5 heteroatoms. The lowest BCUT2D eigenvalue weighted by Gasteiger charge is -2.46. The fourth-order valence-corrected chi connectivity index (χ4v) is 4.64. The van der Waals surface area contributed by atoms with Gasteiger partial charge < -0.3 is 4.90 Å². The van der Waals surface area contributed by atoms with Gasteiger partial charge in [-0.25, -0.2) is 0 Å². The number of carbonyl (C=O) groups is 1.